The molecular weight excluding hydrogens is 214 g/mol. The van der Waals surface area contributed by atoms with Crippen LogP contribution in [0.15, 0.2) is 12.3 Å². The first-order valence-electron chi connectivity index (χ1n) is 6.39. The molecular formula is C13H23N3O. The van der Waals surface area contributed by atoms with Crippen molar-refractivity contribution in [1.29, 1.82) is 0 Å². The first-order chi connectivity index (χ1) is 8.13. The quantitative estimate of drug-likeness (QED) is 0.761. The number of hydrogen-bond acceptors (Lipinski definition) is 2. The van der Waals surface area contributed by atoms with Gasteiger partial charge in [-0.3, -0.25) is 9.48 Å². The topological polar surface area (TPSA) is 38.1 Å². The first-order valence-corrected chi connectivity index (χ1v) is 6.39. The highest BCUT2D eigenvalue weighted by molar-refractivity contribution is 5.78. The maximum Gasteiger partial charge on any atom is 0.225 e. The van der Waals surface area contributed by atoms with E-state index in [0.29, 0.717) is 6.54 Å². The van der Waals surface area contributed by atoms with E-state index < -0.39 is 0 Å². The van der Waals surface area contributed by atoms with E-state index in [4.69, 9.17) is 0 Å². The van der Waals surface area contributed by atoms with Crippen LogP contribution in [-0.2, 0) is 17.9 Å². The Morgan fingerprint density at radius 1 is 1.41 bits per heavy atom. The number of rotatable bonds is 6. The minimum absolute atomic E-state index is 0.151. The van der Waals surface area contributed by atoms with Crippen LogP contribution in [0.3, 0.4) is 0 Å². The Balaban J connectivity index is 2.65. The maximum absolute atomic E-state index is 12.1. The van der Waals surface area contributed by atoms with Crippen molar-refractivity contribution in [2.24, 2.45) is 5.92 Å². The molecule has 0 atom stereocenters. The number of carbonyl (C=O) groups is 1. The van der Waals surface area contributed by atoms with Gasteiger partial charge in [-0.15, -0.1) is 0 Å². The zero-order valence-electron chi connectivity index (χ0n) is 11.3. The molecule has 0 fully saturated rings. The van der Waals surface area contributed by atoms with E-state index in [0.717, 1.165) is 25.1 Å². The third kappa shape index (κ3) is 3.32. The van der Waals surface area contributed by atoms with Gasteiger partial charge >= 0.3 is 0 Å². The molecule has 0 saturated carbocycles. The Labute approximate surface area is 104 Å². The fourth-order valence-corrected chi connectivity index (χ4v) is 2.05. The van der Waals surface area contributed by atoms with Crippen molar-refractivity contribution in [3.8, 4) is 0 Å². The summed E-state index contributed by atoms with van der Waals surface area (Å²) in [5.74, 6) is 0.386. The van der Waals surface area contributed by atoms with E-state index in [-0.39, 0.29) is 11.8 Å². The highest BCUT2D eigenvalue weighted by Gasteiger charge is 2.19. The average molecular weight is 237 g/mol. The predicted molar refractivity (Wildman–Crippen MR) is 68.4 cm³/mol. The lowest BCUT2D eigenvalue weighted by atomic mass is 10.0. The van der Waals surface area contributed by atoms with E-state index in [1.807, 2.05) is 17.8 Å². The van der Waals surface area contributed by atoms with Gasteiger partial charge in [0.1, 0.15) is 0 Å². The first kappa shape index (κ1) is 13.7. The van der Waals surface area contributed by atoms with Gasteiger partial charge in [-0.1, -0.05) is 13.8 Å². The lowest BCUT2D eigenvalue weighted by Gasteiger charge is -2.22. The van der Waals surface area contributed by atoms with Crippen molar-refractivity contribution in [2.75, 3.05) is 7.05 Å². The van der Waals surface area contributed by atoms with E-state index in [1.54, 1.807) is 11.1 Å². The van der Waals surface area contributed by atoms with Gasteiger partial charge in [0, 0.05) is 25.7 Å². The minimum Gasteiger partial charge on any atom is -0.340 e. The van der Waals surface area contributed by atoms with Crippen LogP contribution in [0.1, 0.15) is 39.3 Å². The Morgan fingerprint density at radius 3 is 2.59 bits per heavy atom. The van der Waals surface area contributed by atoms with Crippen LogP contribution >= 0.6 is 0 Å². The molecule has 0 aromatic carbocycles. The molecule has 4 heteroatoms. The minimum atomic E-state index is 0.151. The molecule has 1 aromatic rings. The largest absolute Gasteiger partial charge is 0.340 e. The van der Waals surface area contributed by atoms with Gasteiger partial charge in [-0.05, 0) is 25.8 Å². The third-order valence-electron chi connectivity index (χ3n) is 3.21. The predicted octanol–water partition coefficient (Wildman–Crippen LogP) is 2.30. The molecule has 0 aliphatic rings. The second kappa shape index (κ2) is 6.42. The molecule has 0 bridgehead atoms. The SMILES string of the molecule is CCC(CC)C(=O)N(C)Cc1ccnn1CC. The fourth-order valence-electron chi connectivity index (χ4n) is 2.05. The highest BCUT2D eigenvalue weighted by atomic mass is 16.2. The number of aromatic nitrogens is 2. The lowest BCUT2D eigenvalue weighted by Crippen LogP contribution is -2.32. The zero-order chi connectivity index (χ0) is 12.8. The van der Waals surface area contributed by atoms with Crippen LogP contribution in [0.25, 0.3) is 0 Å². The molecule has 1 amide bonds. The Bertz CT molecular complexity index is 355. The molecule has 96 valence electrons. The standard InChI is InChI=1S/C13H23N3O/c1-5-11(6-2)13(17)15(4)10-12-8-9-14-16(12)7-3/h8-9,11H,5-7,10H2,1-4H3. The maximum atomic E-state index is 12.1. The van der Waals surface area contributed by atoms with Gasteiger partial charge in [-0.25, -0.2) is 0 Å². The van der Waals surface area contributed by atoms with Crippen LogP contribution in [0, 0.1) is 5.92 Å². The number of aryl methyl sites for hydroxylation is 1. The summed E-state index contributed by atoms with van der Waals surface area (Å²) in [5.41, 5.74) is 1.09. The Hall–Kier alpha value is -1.32. The summed E-state index contributed by atoms with van der Waals surface area (Å²) in [6.07, 6.45) is 3.60. The molecule has 0 radical (unpaired) electrons. The van der Waals surface area contributed by atoms with Crippen LogP contribution in [0.5, 0.6) is 0 Å². The number of carbonyl (C=O) groups excluding carboxylic acids is 1. The number of nitrogens with zero attached hydrogens (tertiary/aromatic N) is 3. The molecule has 0 spiro atoms. The molecule has 1 heterocycles. The zero-order valence-corrected chi connectivity index (χ0v) is 11.3. The molecule has 1 aromatic heterocycles. The van der Waals surface area contributed by atoms with Crippen LogP contribution in [0.4, 0.5) is 0 Å². The monoisotopic (exact) mass is 237 g/mol. The number of hydrogen-bond donors (Lipinski definition) is 0. The summed E-state index contributed by atoms with van der Waals surface area (Å²) in [7, 11) is 1.87. The fraction of sp³-hybridized carbons (Fsp3) is 0.692. The van der Waals surface area contributed by atoms with E-state index >= 15 is 0 Å². The smallest absolute Gasteiger partial charge is 0.225 e. The van der Waals surface area contributed by atoms with Crippen LogP contribution in [0.2, 0.25) is 0 Å². The van der Waals surface area contributed by atoms with Crippen LogP contribution < -0.4 is 0 Å². The second-order valence-electron chi connectivity index (χ2n) is 4.35. The normalized spacial score (nSPS) is 10.9. The van der Waals surface area contributed by atoms with Crippen molar-refractivity contribution in [3.05, 3.63) is 18.0 Å². The van der Waals surface area contributed by atoms with Gasteiger partial charge in [0.2, 0.25) is 5.91 Å². The van der Waals surface area contributed by atoms with Crippen molar-refractivity contribution in [3.63, 3.8) is 0 Å². The van der Waals surface area contributed by atoms with Crippen molar-refractivity contribution < 1.29 is 4.79 Å². The Morgan fingerprint density at radius 2 is 2.06 bits per heavy atom. The second-order valence-corrected chi connectivity index (χ2v) is 4.35. The van der Waals surface area contributed by atoms with Gasteiger partial charge in [0.25, 0.3) is 0 Å². The van der Waals surface area contributed by atoms with Gasteiger partial charge < -0.3 is 4.90 Å². The molecule has 0 N–H and O–H groups in total. The third-order valence-corrected chi connectivity index (χ3v) is 3.21. The van der Waals surface area contributed by atoms with Crippen molar-refractivity contribution in [1.82, 2.24) is 14.7 Å². The summed E-state index contributed by atoms with van der Waals surface area (Å²) in [5, 5.41) is 4.21. The van der Waals surface area contributed by atoms with E-state index in [2.05, 4.69) is 25.9 Å². The average Bonchev–Trinajstić information content (AvgIpc) is 2.77. The van der Waals surface area contributed by atoms with Gasteiger partial charge in [0.05, 0.1) is 12.2 Å². The molecule has 4 nitrogen and oxygen atoms in total. The van der Waals surface area contributed by atoms with E-state index in [9.17, 15) is 4.79 Å². The summed E-state index contributed by atoms with van der Waals surface area (Å²) in [4.78, 5) is 13.9. The van der Waals surface area contributed by atoms with Crippen molar-refractivity contribution >= 4 is 5.91 Å². The van der Waals surface area contributed by atoms with Gasteiger partial charge in [0.15, 0.2) is 0 Å². The summed E-state index contributed by atoms with van der Waals surface area (Å²) < 4.78 is 1.93. The summed E-state index contributed by atoms with van der Waals surface area (Å²) >= 11 is 0. The summed E-state index contributed by atoms with van der Waals surface area (Å²) in [6.45, 7) is 7.67. The highest BCUT2D eigenvalue weighted by Crippen LogP contribution is 2.13. The molecule has 0 unspecified atom stereocenters. The molecule has 0 aliphatic heterocycles. The van der Waals surface area contributed by atoms with E-state index in [1.165, 1.54) is 0 Å². The van der Waals surface area contributed by atoms with Gasteiger partial charge in [-0.2, -0.15) is 5.10 Å². The molecule has 0 aliphatic carbocycles. The van der Waals surface area contributed by atoms with Crippen LogP contribution in [-0.4, -0.2) is 27.6 Å². The van der Waals surface area contributed by atoms with Crippen molar-refractivity contribution in [2.45, 2.75) is 46.7 Å². The molecule has 0 saturated heterocycles. The molecule has 17 heavy (non-hydrogen) atoms. The number of amides is 1. The Kier molecular flexibility index (Phi) is 5.19. The lowest BCUT2D eigenvalue weighted by molar-refractivity contribution is -0.135. The summed E-state index contributed by atoms with van der Waals surface area (Å²) in [6, 6.07) is 1.97. The molecule has 1 rings (SSSR count).